The molecule has 0 atom stereocenters. The zero-order valence-electron chi connectivity index (χ0n) is 11.2. The van der Waals surface area contributed by atoms with Crippen LogP contribution in [0.1, 0.15) is 36.0 Å². The van der Waals surface area contributed by atoms with Crippen molar-refractivity contribution in [3.05, 3.63) is 35.0 Å². The van der Waals surface area contributed by atoms with E-state index in [1.165, 1.54) is 55.0 Å². The number of aryl methyl sites for hydroxylation is 3. The Labute approximate surface area is 109 Å². The van der Waals surface area contributed by atoms with E-state index in [1.807, 2.05) is 7.05 Å². The van der Waals surface area contributed by atoms with Gasteiger partial charge in [-0.15, -0.1) is 0 Å². The Balaban J connectivity index is 1.92. The van der Waals surface area contributed by atoms with Crippen LogP contribution in [0, 0.1) is 0 Å². The van der Waals surface area contributed by atoms with E-state index in [9.17, 15) is 0 Å². The lowest BCUT2D eigenvalue weighted by atomic mass is 9.90. The van der Waals surface area contributed by atoms with Crippen molar-refractivity contribution < 1.29 is 0 Å². The Bertz CT molecular complexity index is 539. The molecular formula is C16H22N2. The highest BCUT2D eigenvalue weighted by Crippen LogP contribution is 2.28. The smallest absolute Gasteiger partial charge is 0.0459 e. The first kappa shape index (κ1) is 11.8. The van der Waals surface area contributed by atoms with Crippen molar-refractivity contribution in [2.45, 2.75) is 38.5 Å². The largest absolute Gasteiger partial charge is 0.361 e. The molecule has 0 fully saturated rings. The van der Waals surface area contributed by atoms with E-state index >= 15 is 0 Å². The monoisotopic (exact) mass is 242 g/mol. The summed E-state index contributed by atoms with van der Waals surface area (Å²) in [7, 11) is 2.02. The second-order valence-electron chi connectivity index (χ2n) is 5.39. The van der Waals surface area contributed by atoms with E-state index in [4.69, 9.17) is 0 Å². The molecule has 2 nitrogen and oxygen atoms in total. The minimum Gasteiger partial charge on any atom is -0.361 e. The lowest BCUT2D eigenvalue weighted by Gasteiger charge is -2.15. The molecule has 1 aliphatic carbocycles. The Hall–Kier alpha value is -1.28. The standard InChI is InChI=1S/C16H22N2/c1-17-8-4-7-14-11-18-16-10-13-6-3-2-5-12(13)9-15(14)16/h9-11,17-18H,2-8H2,1H3. The van der Waals surface area contributed by atoms with Gasteiger partial charge in [-0.1, -0.05) is 0 Å². The molecule has 0 amide bonds. The fraction of sp³-hybridized carbons (Fsp3) is 0.500. The Morgan fingerprint density at radius 3 is 2.72 bits per heavy atom. The first-order chi connectivity index (χ1) is 8.88. The lowest BCUT2D eigenvalue weighted by molar-refractivity contribution is 0.687. The van der Waals surface area contributed by atoms with Crippen LogP contribution in [0.3, 0.4) is 0 Å². The van der Waals surface area contributed by atoms with Gasteiger partial charge in [0.2, 0.25) is 0 Å². The maximum absolute atomic E-state index is 3.44. The van der Waals surface area contributed by atoms with Crippen LogP contribution in [-0.4, -0.2) is 18.6 Å². The minimum absolute atomic E-state index is 1.09. The zero-order chi connectivity index (χ0) is 12.4. The van der Waals surface area contributed by atoms with Crippen LogP contribution >= 0.6 is 0 Å². The van der Waals surface area contributed by atoms with E-state index < -0.39 is 0 Å². The van der Waals surface area contributed by atoms with E-state index in [-0.39, 0.29) is 0 Å². The molecule has 96 valence electrons. The van der Waals surface area contributed by atoms with Crippen LogP contribution in [0.15, 0.2) is 18.3 Å². The zero-order valence-corrected chi connectivity index (χ0v) is 11.2. The van der Waals surface area contributed by atoms with Crippen LogP contribution in [0.4, 0.5) is 0 Å². The molecule has 18 heavy (non-hydrogen) atoms. The predicted octanol–water partition coefficient (Wildman–Crippen LogP) is 3.20. The molecule has 0 aliphatic heterocycles. The molecule has 2 heteroatoms. The number of aromatic nitrogens is 1. The quantitative estimate of drug-likeness (QED) is 0.792. The number of benzene rings is 1. The number of rotatable bonds is 4. The van der Waals surface area contributed by atoms with Crippen molar-refractivity contribution in [3.8, 4) is 0 Å². The first-order valence-corrected chi connectivity index (χ1v) is 7.15. The van der Waals surface area contributed by atoms with Crippen molar-refractivity contribution >= 4 is 10.9 Å². The van der Waals surface area contributed by atoms with Crippen molar-refractivity contribution in [1.82, 2.24) is 10.3 Å². The Morgan fingerprint density at radius 2 is 1.94 bits per heavy atom. The van der Waals surface area contributed by atoms with E-state index in [0.29, 0.717) is 0 Å². The molecular weight excluding hydrogens is 220 g/mol. The van der Waals surface area contributed by atoms with Gasteiger partial charge in [-0.2, -0.15) is 0 Å². The number of fused-ring (bicyclic) bond motifs is 2. The number of hydrogen-bond acceptors (Lipinski definition) is 1. The molecule has 0 saturated carbocycles. The normalized spacial score (nSPS) is 14.9. The van der Waals surface area contributed by atoms with Crippen molar-refractivity contribution in [2.75, 3.05) is 13.6 Å². The first-order valence-electron chi connectivity index (χ1n) is 7.15. The van der Waals surface area contributed by atoms with Crippen molar-refractivity contribution in [3.63, 3.8) is 0 Å². The summed E-state index contributed by atoms with van der Waals surface area (Å²) in [5, 5.41) is 4.67. The van der Waals surface area contributed by atoms with Gasteiger partial charge in [-0.25, -0.2) is 0 Å². The molecule has 0 bridgehead atoms. The third-order valence-electron chi connectivity index (χ3n) is 4.10. The van der Waals surface area contributed by atoms with Crippen molar-refractivity contribution in [2.24, 2.45) is 0 Å². The maximum Gasteiger partial charge on any atom is 0.0459 e. The van der Waals surface area contributed by atoms with E-state index in [1.54, 1.807) is 11.1 Å². The predicted molar refractivity (Wildman–Crippen MR) is 77.2 cm³/mol. The van der Waals surface area contributed by atoms with Gasteiger partial charge in [0.05, 0.1) is 0 Å². The number of nitrogens with one attached hydrogen (secondary N) is 2. The van der Waals surface area contributed by atoms with Gasteiger partial charge in [0.15, 0.2) is 0 Å². The van der Waals surface area contributed by atoms with Gasteiger partial charge in [0.25, 0.3) is 0 Å². The number of aromatic amines is 1. The Morgan fingerprint density at radius 1 is 1.17 bits per heavy atom. The average molecular weight is 242 g/mol. The second-order valence-corrected chi connectivity index (χ2v) is 5.39. The second kappa shape index (κ2) is 5.15. The summed E-state index contributed by atoms with van der Waals surface area (Å²) in [4.78, 5) is 3.44. The van der Waals surface area contributed by atoms with Crippen LogP contribution in [0.2, 0.25) is 0 Å². The maximum atomic E-state index is 3.44. The van der Waals surface area contributed by atoms with Gasteiger partial charge in [-0.3, -0.25) is 0 Å². The minimum atomic E-state index is 1.09. The van der Waals surface area contributed by atoms with Crippen molar-refractivity contribution in [1.29, 1.82) is 0 Å². The third-order valence-corrected chi connectivity index (χ3v) is 4.10. The fourth-order valence-electron chi connectivity index (χ4n) is 3.08. The van der Waals surface area contributed by atoms with Gasteiger partial charge in [0, 0.05) is 17.1 Å². The van der Waals surface area contributed by atoms with Gasteiger partial charge < -0.3 is 10.3 Å². The molecule has 0 unspecified atom stereocenters. The molecule has 1 aliphatic rings. The molecule has 1 heterocycles. The van der Waals surface area contributed by atoms with E-state index in [2.05, 4.69) is 28.6 Å². The summed E-state index contributed by atoms with van der Waals surface area (Å²) >= 11 is 0. The molecule has 0 spiro atoms. The highest BCUT2D eigenvalue weighted by molar-refractivity contribution is 5.85. The van der Waals surface area contributed by atoms with E-state index in [0.717, 1.165) is 6.54 Å². The molecule has 1 aromatic carbocycles. The molecule has 1 aromatic heterocycles. The van der Waals surface area contributed by atoms with Gasteiger partial charge in [0.1, 0.15) is 0 Å². The number of hydrogen-bond donors (Lipinski definition) is 2. The topological polar surface area (TPSA) is 27.8 Å². The molecule has 2 N–H and O–H groups in total. The third kappa shape index (κ3) is 2.17. The van der Waals surface area contributed by atoms with Crippen LogP contribution in [0.25, 0.3) is 10.9 Å². The fourth-order valence-corrected chi connectivity index (χ4v) is 3.08. The summed E-state index contributed by atoms with van der Waals surface area (Å²) in [6.07, 6.45) is 9.82. The van der Waals surface area contributed by atoms with Gasteiger partial charge >= 0.3 is 0 Å². The average Bonchev–Trinajstić information content (AvgIpc) is 2.79. The molecule has 0 radical (unpaired) electrons. The summed E-state index contributed by atoms with van der Waals surface area (Å²) < 4.78 is 0. The summed E-state index contributed by atoms with van der Waals surface area (Å²) in [5.41, 5.74) is 5.96. The summed E-state index contributed by atoms with van der Waals surface area (Å²) in [5.74, 6) is 0. The number of H-pyrrole nitrogens is 1. The SMILES string of the molecule is CNCCCc1c[nH]c2cc3c(cc12)CCCC3. The van der Waals surface area contributed by atoms with Crippen LogP contribution < -0.4 is 5.32 Å². The highest BCUT2D eigenvalue weighted by atomic mass is 14.8. The Kier molecular flexibility index (Phi) is 3.37. The van der Waals surface area contributed by atoms with Crippen LogP contribution in [-0.2, 0) is 19.3 Å². The summed E-state index contributed by atoms with van der Waals surface area (Å²) in [6, 6.07) is 4.82. The molecule has 2 aromatic rings. The highest BCUT2D eigenvalue weighted by Gasteiger charge is 2.12. The summed E-state index contributed by atoms with van der Waals surface area (Å²) in [6.45, 7) is 1.09. The molecule has 3 rings (SSSR count). The molecule has 0 saturated heterocycles. The lowest BCUT2D eigenvalue weighted by Crippen LogP contribution is -2.08. The van der Waals surface area contributed by atoms with Gasteiger partial charge in [-0.05, 0) is 80.9 Å². The van der Waals surface area contributed by atoms with Crippen LogP contribution in [0.5, 0.6) is 0 Å².